The number of para-hydroxylation sites is 1. The molecule has 1 saturated carbocycles. The number of rotatable bonds is 13. The van der Waals surface area contributed by atoms with E-state index < -0.39 is 28.5 Å². The minimum Gasteiger partial charge on any atom is -0.497 e. The van der Waals surface area contributed by atoms with Crippen LogP contribution in [0.3, 0.4) is 0 Å². The second-order valence-corrected chi connectivity index (χ2v) is 12.3. The summed E-state index contributed by atoms with van der Waals surface area (Å²) in [5.41, 5.74) is 1.07. The van der Waals surface area contributed by atoms with Crippen molar-refractivity contribution in [1.82, 2.24) is 10.2 Å². The van der Waals surface area contributed by atoms with Gasteiger partial charge in [-0.25, -0.2) is 8.42 Å². The molecule has 230 valence electrons. The Kier molecular flexibility index (Phi) is 10.5. The van der Waals surface area contributed by atoms with E-state index in [9.17, 15) is 18.0 Å². The lowest BCUT2D eigenvalue weighted by Gasteiger charge is -2.32. The van der Waals surface area contributed by atoms with Crippen LogP contribution < -0.4 is 23.8 Å². The molecule has 0 aromatic heterocycles. The number of amides is 2. The first-order valence-electron chi connectivity index (χ1n) is 14.2. The highest BCUT2D eigenvalue weighted by Crippen LogP contribution is 2.32. The quantitative estimate of drug-likeness (QED) is 0.306. The number of nitrogens with zero attached hydrogens (tertiary/aromatic N) is 2. The van der Waals surface area contributed by atoms with E-state index in [1.807, 2.05) is 12.1 Å². The Labute approximate surface area is 253 Å². The van der Waals surface area contributed by atoms with Crippen LogP contribution in [0.15, 0.2) is 77.7 Å². The molecule has 4 rings (SSSR count). The number of benzene rings is 3. The van der Waals surface area contributed by atoms with Gasteiger partial charge in [0.2, 0.25) is 11.8 Å². The molecular formula is C32H39N3O7S. The molecule has 0 saturated heterocycles. The highest BCUT2D eigenvalue weighted by molar-refractivity contribution is 7.92. The monoisotopic (exact) mass is 609 g/mol. The van der Waals surface area contributed by atoms with Crippen molar-refractivity contribution >= 4 is 27.5 Å². The van der Waals surface area contributed by atoms with Crippen LogP contribution >= 0.6 is 0 Å². The van der Waals surface area contributed by atoms with Gasteiger partial charge >= 0.3 is 0 Å². The second kappa shape index (κ2) is 14.3. The number of ether oxygens (including phenoxy) is 3. The maximum Gasteiger partial charge on any atom is 0.264 e. The Balaban J connectivity index is 1.69. The van der Waals surface area contributed by atoms with Crippen LogP contribution in [0, 0.1) is 0 Å². The summed E-state index contributed by atoms with van der Waals surface area (Å²) in [5, 5.41) is 3.07. The lowest BCUT2D eigenvalue weighted by Crippen LogP contribution is -2.52. The maximum absolute atomic E-state index is 14.1. The van der Waals surface area contributed by atoms with E-state index in [2.05, 4.69) is 5.32 Å². The smallest absolute Gasteiger partial charge is 0.264 e. The lowest BCUT2D eigenvalue weighted by molar-refractivity contribution is -0.139. The number of carbonyl (C=O) groups is 2. The minimum atomic E-state index is -4.25. The molecule has 1 unspecified atom stereocenters. The summed E-state index contributed by atoms with van der Waals surface area (Å²) in [5.74, 6) is 0.461. The van der Waals surface area contributed by atoms with Crippen LogP contribution in [0.2, 0.25) is 0 Å². The Morgan fingerprint density at radius 1 is 0.884 bits per heavy atom. The van der Waals surface area contributed by atoms with Crippen molar-refractivity contribution in [2.75, 3.05) is 32.2 Å². The van der Waals surface area contributed by atoms with Gasteiger partial charge in [-0.15, -0.1) is 0 Å². The summed E-state index contributed by atoms with van der Waals surface area (Å²) >= 11 is 0. The Hall–Kier alpha value is -4.25. The van der Waals surface area contributed by atoms with Gasteiger partial charge in [-0.3, -0.25) is 13.9 Å². The molecule has 10 nitrogen and oxygen atoms in total. The van der Waals surface area contributed by atoms with Crippen LogP contribution in [-0.4, -0.2) is 65.1 Å². The number of methoxy groups -OCH3 is 3. The average Bonchev–Trinajstić information content (AvgIpc) is 3.55. The van der Waals surface area contributed by atoms with Crippen LogP contribution in [0.4, 0.5) is 5.69 Å². The first-order valence-corrected chi connectivity index (χ1v) is 15.6. The molecule has 3 aromatic carbocycles. The lowest BCUT2D eigenvalue weighted by atomic mass is 10.1. The summed E-state index contributed by atoms with van der Waals surface area (Å²) in [6, 6.07) is 19.1. The zero-order chi connectivity index (χ0) is 31.0. The van der Waals surface area contributed by atoms with E-state index in [0.29, 0.717) is 17.2 Å². The Morgan fingerprint density at radius 3 is 2.14 bits per heavy atom. The Morgan fingerprint density at radius 2 is 1.53 bits per heavy atom. The third-order valence-corrected chi connectivity index (χ3v) is 9.42. The van der Waals surface area contributed by atoms with Crippen LogP contribution in [0.5, 0.6) is 17.2 Å². The number of hydrogen-bond acceptors (Lipinski definition) is 7. The molecule has 0 spiro atoms. The number of sulfonamides is 1. The van der Waals surface area contributed by atoms with Gasteiger partial charge in [-0.05, 0) is 61.7 Å². The highest BCUT2D eigenvalue weighted by atomic mass is 32.2. The fourth-order valence-corrected chi connectivity index (χ4v) is 6.56. The number of carbonyl (C=O) groups excluding carboxylic acids is 2. The summed E-state index contributed by atoms with van der Waals surface area (Å²) in [7, 11) is 0.192. The molecule has 1 atom stereocenters. The summed E-state index contributed by atoms with van der Waals surface area (Å²) < 4.78 is 45.1. The molecular weight excluding hydrogens is 570 g/mol. The molecule has 0 heterocycles. The molecule has 1 N–H and O–H groups in total. The average molecular weight is 610 g/mol. The minimum absolute atomic E-state index is 0.0686. The van der Waals surface area contributed by atoms with E-state index >= 15 is 0 Å². The number of nitrogens with one attached hydrogen (secondary N) is 1. The molecule has 2 amide bonds. The van der Waals surface area contributed by atoms with Crippen molar-refractivity contribution in [1.29, 1.82) is 0 Å². The van der Waals surface area contributed by atoms with Crippen molar-refractivity contribution in [3.05, 3.63) is 78.4 Å². The molecule has 1 aliphatic rings. The first-order chi connectivity index (χ1) is 20.7. The SMILES string of the molecule is COc1ccc(CN(C(=O)CN(c2ccccc2)S(=O)(=O)c2ccc(OC)c(OC)c2)C(C)C(=O)NC2CCCC2)cc1. The predicted octanol–water partition coefficient (Wildman–Crippen LogP) is 4.38. The van der Waals surface area contributed by atoms with Gasteiger partial charge in [-0.2, -0.15) is 0 Å². The molecule has 1 aliphatic carbocycles. The molecule has 43 heavy (non-hydrogen) atoms. The van der Waals surface area contributed by atoms with Gasteiger partial charge < -0.3 is 24.4 Å². The first kappa shape index (κ1) is 31.7. The molecule has 11 heteroatoms. The summed E-state index contributed by atoms with van der Waals surface area (Å²) in [6.45, 7) is 1.24. The highest BCUT2D eigenvalue weighted by Gasteiger charge is 2.33. The topological polar surface area (TPSA) is 114 Å². The fraction of sp³-hybridized carbons (Fsp3) is 0.375. The maximum atomic E-state index is 14.1. The number of hydrogen-bond donors (Lipinski definition) is 1. The molecule has 3 aromatic rings. The van der Waals surface area contributed by atoms with Gasteiger partial charge in [0, 0.05) is 18.7 Å². The molecule has 1 fully saturated rings. The third-order valence-electron chi connectivity index (χ3n) is 7.65. The van der Waals surface area contributed by atoms with E-state index in [1.165, 1.54) is 37.3 Å². The van der Waals surface area contributed by atoms with E-state index in [4.69, 9.17) is 14.2 Å². The van der Waals surface area contributed by atoms with Crippen molar-refractivity contribution in [3.63, 3.8) is 0 Å². The van der Waals surface area contributed by atoms with Crippen molar-refractivity contribution in [2.45, 2.75) is 56.1 Å². The summed E-state index contributed by atoms with van der Waals surface area (Å²) in [6.07, 6.45) is 3.90. The van der Waals surface area contributed by atoms with Crippen molar-refractivity contribution in [2.24, 2.45) is 0 Å². The molecule has 0 bridgehead atoms. The fourth-order valence-electron chi connectivity index (χ4n) is 5.13. The van der Waals surface area contributed by atoms with Crippen LogP contribution in [0.25, 0.3) is 0 Å². The van der Waals surface area contributed by atoms with Gasteiger partial charge in [0.25, 0.3) is 10.0 Å². The van der Waals surface area contributed by atoms with E-state index in [0.717, 1.165) is 35.6 Å². The van der Waals surface area contributed by atoms with Gasteiger partial charge in [0.15, 0.2) is 11.5 Å². The number of anilines is 1. The predicted molar refractivity (Wildman–Crippen MR) is 164 cm³/mol. The van der Waals surface area contributed by atoms with Crippen molar-refractivity contribution < 1.29 is 32.2 Å². The van der Waals surface area contributed by atoms with Crippen LogP contribution in [0.1, 0.15) is 38.2 Å². The Bertz CT molecular complexity index is 1490. The summed E-state index contributed by atoms with van der Waals surface area (Å²) in [4.78, 5) is 28.8. The van der Waals surface area contributed by atoms with Crippen LogP contribution in [-0.2, 0) is 26.2 Å². The van der Waals surface area contributed by atoms with Crippen molar-refractivity contribution in [3.8, 4) is 17.2 Å². The second-order valence-electron chi connectivity index (χ2n) is 10.4. The normalized spacial score (nSPS) is 14.0. The van der Waals surface area contributed by atoms with Gasteiger partial charge in [0.05, 0.1) is 31.9 Å². The molecule has 0 aliphatic heterocycles. The zero-order valence-corrected chi connectivity index (χ0v) is 25.8. The van der Waals surface area contributed by atoms with Gasteiger partial charge in [-0.1, -0.05) is 43.2 Å². The standard InChI is InChI=1S/C32H39N3O7S/c1-23(32(37)33-25-10-8-9-11-25)34(21-24-14-16-27(40-2)17-15-24)31(36)22-35(26-12-6-5-7-13-26)43(38,39)28-18-19-29(41-3)30(20-28)42-4/h5-7,12-20,23,25H,8-11,21-22H2,1-4H3,(H,33,37). The third kappa shape index (κ3) is 7.59. The van der Waals surface area contributed by atoms with E-state index in [1.54, 1.807) is 56.5 Å². The largest absolute Gasteiger partial charge is 0.497 e. The van der Waals surface area contributed by atoms with E-state index in [-0.39, 0.29) is 29.1 Å². The molecule has 0 radical (unpaired) electrons. The van der Waals surface area contributed by atoms with Gasteiger partial charge in [0.1, 0.15) is 18.3 Å². The zero-order valence-electron chi connectivity index (χ0n) is 25.0.